The first-order chi connectivity index (χ1) is 13.7. The average molecular weight is 416 g/mol. The second-order valence-electron chi connectivity index (χ2n) is 9.22. The van der Waals surface area contributed by atoms with Gasteiger partial charge in [-0.3, -0.25) is 9.79 Å². The maximum Gasteiger partial charge on any atom is 0.336 e. The molecule has 0 spiro atoms. The number of esters is 1. The largest absolute Gasteiger partial charge is 0.460 e. The van der Waals surface area contributed by atoms with Crippen LogP contribution in [0.25, 0.3) is 0 Å². The van der Waals surface area contributed by atoms with Gasteiger partial charge in [0.15, 0.2) is 0 Å². The fourth-order valence-corrected chi connectivity index (χ4v) is 5.83. The molecule has 0 N–H and O–H groups in total. The van der Waals surface area contributed by atoms with E-state index < -0.39 is 0 Å². The number of aryl methyl sites for hydroxylation is 1. The van der Waals surface area contributed by atoms with Gasteiger partial charge >= 0.3 is 5.97 Å². The Morgan fingerprint density at radius 2 is 2.07 bits per heavy atom. The Labute approximate surface area is 176 Å². The van der Waals surface area contributed by atoms with E-state index >= 15 is 0 Å². The highest BCUT2D eigenvalue weighted by atomic mass is 32.1. The van der Waals surface area contributed by atoms with Crippen molar-refractivity contribution in [1.82, 2.24) is 0 Å². The molecule has 4 rings (SSSR count). The monoisotopic (exact) mass is 415 g/mol. The van der Waals surface area contributed by atoms with Crippen LogP contribution in [-0.4, -0.2) is 36.8 Å². The zero-order valence-corrected chi connectivity index (χ0v) is 18.4. The Kier molecular flexibility index (Phi) is 5.51. The Morgan fingerprint density at radius 3 is 2.72 bits per heavy atom. The van der Waals surface area contributed by atoms with Gasteiger partial charge in [-0.15, -0.1) is 11.3 Å². The highest BCUT2D eigenvalue weighted by molar-refractivity contribution is 7.12. The summed E-state index contributed by atoms with van der Waals surface area (Å²) in [6, 6.07) is 4.09. The molecule has 0 amide bonds. The Morgan fingerprint density at radius 1 is 1.28 bits per heavy atom. The summed E-state index contributed by atoms with van der Waals surface area (Å²) in [5, 5.41) is 0. The molecule has 1 aliphatic carbocycles. The lowest BCUT2D eigenvalue weighted by atomic mass is 9.64. The summed E-state index contributed by atoms with van der Waals surface area (Å²) in [5.74, 6) is -0.862. The number of carbonyl (C=O) groups is 2. The van der Waals surface area contributed by atoms with E-state index in [2.05, 4.69) is 13.8 Å². The number of allylic oxidation sites excluding steroid dienone is 1. The van der Waals surface area contributed by atoms with Crippen LogP contribution in [0, 0.1) is 18.3 Å². The number of Topliss-reactive ketones (excluding diaryl/α,β-unsaturated/α-hetero) is 1. The number of hydrogen-bond acceptors (Lipinski definition) is 6. The van der Waals surface area contributed by atoms with Gasteiger partial charge in [-0.05, 0) is 50.7 Å². The van der Waals surface area contributed by atoms with E-state index in [1.54, 1.807) is 11.3 Å². The fourth-order valence-electron chi connectivity index (χ4n) is 4.81. The summed E-state index contributed by atoms with van der Waals surface area (Å²) in [5.41, 5.74) is 2.03. The third-order valence-electron chi connectivity index (χ3n) is 6.08. The molecule has 1 aromatic rings. The van der Waals surface area contributed by atoms with Crippen molar-refractivity contribution in [1.29, 1.82) is 0 Å². The highest BCUT2D eigenvalue weighted by Gasteiger charge is 2.48. The van der Waals surface area contributed by atoms with Crippen molar-refractivity contribution in [3.05, 3.63) is 33.2 Å². The van der Waals surface area contributed by atoms with Gasteiger partial charge in [0.1, 0.15) is 12.4 Å². The van der Waals surface area contributed by atoms with E-state index in [0.29, 0.717) is 17.7 Å². The van der Waals surface area contributed by atoms with Gasteiger partial charge in [0.05, 0.1) is 17.6 Å². The molecule has 1 saturated carbocycles. The Hall–Kier alpha value is -1.79. The molecule has 5 nitrogen and oxygen atoms in total. The standard InChI is InChI=1S/C23H29NO4S/c1-13-7-8-18(29-13)21-19(22(26)28-12-15-6-5-9-27-15)14(2)24-16-10-23(3,4)11-17(25)20(16)21/h7-8,15,20-21H,5-6,9-12H2,1-4H3/t15-,20?,21-/m0/s1. The number of nitrogens with zero attached hydrogens (tertiary/aromatic N) is 1. The molecule has 1 unspecified atom stereocenters. The lowest BCUT2D eigenvalue weighted by Crippen LogP contribution is -2.44. The number of hydrogen-bond donors (Lipinski definition) is 0. The topological polar surface area (TPSA) is 65.0 Å². The maximum absolute atomic E-state index is 13.2. The summed E-state index contributed by atoms with van der Waals surface area (Å²) in [4.78, 5) is 33.3. The number of thiophene rings is 1. The van der Waals surface area contributed by atoms with Crippen LogP contribution in [0.1, 0.15) is 62.1 Å². The normalized spacial score (nSPS) is 28.9. The Bertz CT molecular complexity index is 888. The molecule has 3 heterocycles. The molecule has 3 atom stereocenters. The second-order valence-corrected chi connectivity index (χ2v) is 10.5. The van der Waals surface area contributed by atoms with Crippen molar-refractivity contribution in [3.8, 4) is 0 Å². The van der Waals surface area contributed by atoms with Crippen molar-refractivity contribution >= 4 is 28.8 Å². The number of aliphatic imine (C=N–C) groups is 1. The molecule has 156 valence electrons. The number of fused-ring (bicyclic) bond motifs is 1. The lowest BCUT2D eigenvalue weighted by Gasteiger charge is -2.40. The van der Waals surface area contributed by atoms with Gasteiger partial charge < -0.3 is 9.47 Å². The van der Waals surface area contributed by atoms with Crippen LogP contribution >= 0.6 is 11.3 Å². The third-order valence-corrected chi connectivity index (χ3v) is 7.16. The molecule has 3 aliphatic rings. The van der Waals surface area contributed by atoms with E-state index in [4.69, 9.17) is 14.5 Å². The molecule has 2 fully saturated rings. The minimum Gasteiger partial charge on any atom is -0.460 e. The van der Waals surface area contributed by atoms with E-state index in [1.165, 1.54) is 0 Å². The Balaban J connectivity index is 1.70. The van der Waals surface area contributed by atoms with Crippen molar-refractivity contribution < 1.29 is 19.1 Å². The van der Waals surface area contributed by atoms with Gasteiger partial charge in [0, 0.05) is 40.1 Å². The molecule has 1 aromatic heterocycles. The molecule has 0 aromatic carbocycles. The number of carbonyl (C=O) groups excluding carboxylic acids is 2. The summed E-state index contributed by atoms with van der Waals surface area (Å²) in [6.45, 7) is 9.11. The van der Waals surface area contributed by atoms with Gasteiger partial charge in [0.25, 0.3) is 0 Å². The number of ether oxygens (including phenoxy) is 2. The predicted octanol–water partition coefficient (Wildman–Crippen LogP) is 4.60. The SMILES string of the molecule is CC1=C(C(=O)OC[C@@H]2CCCO2)[C@H](c2ccc(C)s2)C2C(=O)CC(C)(C)CC2=N1. The smallest absolute Gasteiger partial charge is 0.336 e. The average Bonchev–Trinajstić information content (AvgIpc) is 3.28. The van der Waals surface area contributed by atoms with Crippen LogP contribution in [0.4, 0.5) is 0 Å². The van der Waals surface area contributed by atoms with Crippen molar-refractivity contribution in [2.24, 2.45) is 16.3 Å². The van der Waals surface area contributed by atoms with Crippen molar-refractivity contribution in [3.63, 3.8) is 0 Å². The summed E-state index contributed by atoms with van der Waals surface area (Å²) in [7, 11) is 0. The molecular formula is C23H29NO4S. The highest BCUT2D eigenvalue weighted by Crippen LogP contribution is 2.48. The minimum atomic E-state index is -0.366. The van der Waals surface area contributed by atoms with Gasteiger partial charge in [-0.1, -0.05) is 13.8 Å². The maximum atomic E-state index is 13.2. The van der Waals surface area contributed by atoms with Crippen LogP contribution < -0.4 is 0 Å². The van der Waals surface area contributed by atoms with Gasteiger partial charge in [-0.2, -0.15) is 0 Å². The zero-order valence-electron chi connectivity index (χ0n) is 17.6. The number of ketones is 1. The van der Waals surface area contributed by atoms with E-state index in [-0.39, 0.29) is 41.7 Å². The lowest BCUT2D eigenvalue weighted by molar-refractivity contribution is -0.142. The van der Waals surface area contributed by atoms with E-state index in [9.17, 15) is 9.59 Å². The van der Waals surface area contributed by atoms with Gasteiger partial charge in [0.2, 0.25) is 0 Å². The predicted molar refractivity (Wildman–Crippen MR) is 113 cm³/mol. The van der Waals surface area contributed by atoms with Crippen LogP contribution in [0.3, 0.4) is 0 Å². The fraction of sp³-hybridized carbons (Fsp3) is 0.609. The number of rotatable bonds is 4. The molecule has 0 radical (unpaired) electrons. The van der Waals surface area contributed by atoms with Crippen LogP contribution in [0.5, 0.6) is 0 Å². The van der Waals surface area contributed by atoms with Crippen LogP contribution in [-0.2, 0) is 19.1 Å². The first-order valence-corrected chi connectivity index (χ1v) is 11.2. The summed E-state index contributed by atoms with van der Waals surface area (Å²) >= 11 is 1.64. The molecule has 1 saturated heterocycles. The molecule has 2 aliphatic heterocycles. The third kappa shape index (κ3) is 4.10. The first-order valence-electron chi connectivity index (χ1n) is 10.4. The molecule has 6 heteroatoms. The van der Waals surface area contributed by atoms with Gasteiger partial charge in [-0.25, -0.2) is 4.79 Å². The van der Waals surface area contributed by atoms with E-state index in [1.807, 2.05) is 26.0 Å². The molecular weight excluding hydrogens is 386 g/mol. The zero-order chi connectivity index (χ0) is 20.8. The summed E-state index contributed by atoms with van der Waals surface area (Å²) < 4.78 is 11.2. The van der Waals surface area contributed by atoms with Crippen LogP contribution in [0.2, 0.25) is 0 Å². The molecule has 29 heavy (non-hydrogen) atoms. The van der Waals surface area contributed by atoms with Crippen molar-refractivity contribution in [2.75, 3.05) is 13.2 Å². The quantitative estimate of drug-likeness (QED) is 0.675. The van der Waals surface area contributed by atoms with Crippen LogP contribution in [0.15, 0.2) is 28.4 Å². The molecule has 0 bridgehead atoms. The van der Waals surface area contributed by atoms with E-state index in [0.717, 1.165) is 41.3 Å². The minimum absolute atomic E-state index is 0.0259. The van der Waals surface area contributed by atoms with Crippen molar-refractivity contribution in [2.45, 2.75) is 65.4 Å². The second kappa shape index (κ2) is 7.80. The summed E-state index contributed by atoms with van der Waals surface area (Å²) in [6.07, 6.45) is 3.18. The first kappa shape index (κ1) is 20.5.